The number of hydrogen-bond donors (Lipinski definition) is 1. The number of anilines is 1. The van der Waals surface area contributed by atoms with Crippen LogP contribution in [0.15, 0.2) is 30.3 Å². The lowest BCUT2D eigenvalue weighted by Gasteiger charge is -2.32. The predicted molar refractivity (Wildman–Crippen MR) is 134 cm³/mol. The van der Waals surface area contributed by atoms with Crippen LogP contribution in [0.4, 0.5) is 10.5 Å². The number of carbonyl (C=O) groups is 2. The Balaban J connectivity index is 1.88. The SMILES string of the molecule is Cc1ccc(-c2c3c(cc(C)c2C(OC(C)(C)C)C(=O)O)N(C(=O)N2CCCCC2)CC3)cc1. The fourth-order valence-electron chi connectivity index (χ4n) is 5.12. The van der Waals surface area contributed by atoms with Gasteiger partial charge in [-0.05, 0) is 88.6 Å². The summed E-state index contributed by atoms with van der Waals surface area (Å²) in [5, 5.41) is 10.2. The Kier molecular flexibility index (Phi) is 6.72. The van der Waals surface area contributed by atoms with E-state index in [2.05, 4.69) is 0 Å². The molecule has 2 amide bonds. The molecule has 6 heteroatoms. The average molecular weight is 465 g/mol. The van der Waals surface area contributed by atoms with E-state index in [0.29, 0.717) is 18.5 Å². The molecule has 0 spiro atoms. The van der Waals surface area contributed by atoms with Crippen molar-refractivity contribution in [3.63, 3.8) is 0 Å². The number of amides is 2. The number of carboxylic acids is 1. The quantitative estimate of drug-likeness (QED) is 0.613. The van der Waals surface area contributed by atoms with Gasteiger partial charge < -0.3 is 14.7 Å². The highest BCUT2D eigenvalue weighted by Crippen LogP contribution is 2.44. The zero-order valence-electron chi connectivity index (χ0n) is 21.0. The van der Waals surface area contributed by atoms with E-state index < -0.39 is 17.7 Å². The first-order valence-corrected chi connectivity index (χ1v) is 12.3. The molecule has 0 aromatic heterocycles. The number of rotatable bonds is 4. The summed E-state index contributed by atoms with van der Waals surface area (Å²) < 4.78 is 6.09. The fraction of sp³-hybridized carbons (Fsp3) is 0.500. The number of hydrogen-bond acceptors (Lipinski definition) is 3. The van der Waals surface area contributed by atoms with Crippen molar-refractivity contribution in [3.8, 4) is 11.1 Å². The molecule has 1 fully saturated rings. The highest BCUT2D eigenvalue weighted by Gasteiger charge is 2.36. The monoisotopic (exact) mass is 464 g/mol. The van der Waals surface area contributed by atoms with E-state index in [0.717, 1.165) is 59.4 Å². The number of carbonyl (C=O) groups excluding carboxylic acids is 1. The summed E-state index contributed by atoms with van der Waals surface area (Å²) in [4.78, 5) is 29.7. The van der Waals surface area contributed by atoms with Crippen molar-refractivity contribution in [1.29, 1.82) is 0 Å². The molecule has 4 rings (SSSR count). The molecule has 6 nitrogen and oxygen atoms in total. The van der Waals surface area contributed by atoms with Crippen molar-refractivity contribution < 1.29 is 19.4 Å². The number of fused-ring (bicyclic) bond motifs is 1. The van der Waals surface area contributed by atoms with Gasteiger partial charge in [-0.1, -0.05) is 29.8 Å². The van der Waals surface area contributed by atoms with E-state index in [1.165, 1.54) is 6.42 Å². The van der Waals surface area contributed by atoms with Crippen LogP contribution in [0.1, 0.15) is 68.4 Å². The van der Waals surface area contributed by atoms with Crippen molar-refractivity contribution in [1.82, 2.24) is 4.90 Å². The van der Waals surface area contributed by atoms with Crippen molar-refractivity contribution >= 4 is 17.7 Å². The lowest BCUT2D eigenvalue weighted by Crippen LogP contribution is -2.45. The number of ether oxygens (including phenoxy) is 1. The Hall–Kier alpha value is -2.86. The maximum Gasteiger partial charge on any atom is 0.337 e. The van der Waals surface area contributed by atoms with Crippen LogP contribution >= 0.6 is 0 Å². The van der Waals surface area contributed by atoms with E-state index in [4.69, 9.17) is 4.74 Å². The van der Waals surface area contributed by atoms with Gasteiger partial charge in [0.1, 0.15) is 0 Å². The minimum atomic E-state index is -1.10. The lowest BCUT2D eigenvalue weighted by molar-refractivity contribution is -0.160. The number of urea groups is 1. The van der Waals surface area contributed by atoms with E-state index in [1.807, 2.05) is 74.8 Å². The summed E-state index contributed by atoms with van der Waals surface area (Å²) in [5.74, 6) is -1.01. The third-order valence-corrected chi connectivity index (χ3v) is 6.69. The Morgan fingerprint density at radius 2 is 1.65 bits per heavy atom. The molecule has 1 unspecified atom stereocenters. The van der Waals surface area contributed by atoms with Gasteiger partial charge in [-0.25, -0.2) is 9.59 Å². The van der Waals surface area contributed by atoms with Crippen LogP contribution in [0.3, 0.4) is 0 Å². The molecule has 2 aromatic rings. The number of aliphatic carboxylic acids is 1. The van der Waals surface area contributed by atoms with E-state index in [-0.39, 0.29) is 6.03 Å². The van der Waals surface area contributed by atoms with Gasteiger partial charge in [0.25, 0.3) is 0 Å². The number of nitrogens with zero attached hydrogens (tertiary/aromatic N) is 2. The van der Waals surface area contributed by atoms with Crippen LogP contribution in [-0.2, 0) is 16.0 Å². The number of carboxylic acid groups (broad SMARTS) is 1. The largest absolute Gasteiger partial charge is 0.479 e. The first kappa shape index (κ1) is 24.3. The first-order valence-electron chi connectivity index (χ1n) is 12.3. The molecule has 1 atom stereocenters. The summed E-state index contributed by atoms with van der Waals surface area (Å²) in [7, 11) is 0. The summed E-state index contributed by atoms with van der Waals surface area (Å²) in [6.07, 6.45) is 2.85. The molecule has 2 heterocycles. The standard InChI is InChI=1S/C28H36N2O4/c1-18-9-11-20(12-10-18)24-21-13-16-30(27(33)29-14-7-6-8-15-29)22(21)17-19(2)23(24)25(26(31)32)34-28(3,4)5/h9-12,17,25H,6-8,13-16H2,1-5H3,(H,31,32). The molecule has 2 aromatic carbocycles. The van der Waals surface area contributed by atoms with Gasteiger partial charge >= 0.3 is 12.0 Å². The Morgan fingerprint density at radius 1 is 1.00 bits per heavy atom. The summed E-state index contributed by atoms with van der Waals surface area (Å²) in [6.45, 7) is 11.8. The second-order valence-corrected chi connectivity index (χ2v) is 10.5. The zero-order valence-corrected chi connectivity index (χ0v) is 21.0. The van der Waals surface area contributed by atoms with Gasteiger partial charge in [0.05, 0.1) is 5.60 Å². The minimum Gasteiger partial charge on any atom is -0.479 e. The van der Waals surface area contributed by atoms with Crippen molar-refractivity contribution in [2.24, 2.45) is 0 Å². The molecule has 1 N–H and O–H groups in total. The van der Waals surface area contributed by atoms with Crippen LogP contribution in [0.25, 0.3) is 11.1 Å². The van der Waals surface area contributed by atoms with Gasteiger partial charge in [0, 0.05) is 30.9 Å². The zero-order chi connectivity index (χ0) is 24.6. The second kappa shape index (κ2) is 9.41. The molecule has 0 radical (unpaired) electrons. The van der Waals surface area contributed by atoms with Gasteiger partial charge in [-0.3, -0.25) is 4.90 Å². The summed E-state index contributed by atoms with van der Waals surface area (Å²) in [6, 6.07) is 10.2. The Labute approximate surface area is 202 Å². The average Bonchev–Trinajstić information content (AvgIpc) is 3.20. The molecule has 2 aliphatic rings. The number of aryl methyl sites for hydroxylation is 2. The highest BCUT2D eigenvalue weighted by molar-refractivity contribution is 5.97. The lowest BCUT2D eigenvalue weighted by atomic mass is 9.86. The Morgan fingerprint density at radius 3 is 2.24 bits per heavy atom. The number of piperidine rings is 1. The van der Waals surface area contributed by atoms with Crippen molar-refractivity contribution in [2.75, 3.05) is 24.5 Å². The van der Waals surface area contributed by atoms with E-state index >= 15 is 0 Å². The molecule has 34 heavy (non-hydrogen) atoms. The van der Waals surface area contributed by atoms with Crippen LogP contribution in [0.2, 0.25) is 0 Å². The van der Waals surface area contributed by atoms with E-state index in [9.17, 15) is 14.7 Å². The third kappa shape index (κ3) is 4.83. The Bertz CT molecular complexity index is 1080. The number of benzene rings is 2. The molecular formula is C28H36N2O4. The van der Waals surface area contributed by atoms with Gasteiger partial charge in [0.2, 0.25) is 0 Å². The first-order chi connectivity index (χ1) is 16.1. The molecular weight excluding hydrogens is 428 g/mol. The fourth-order valence-corrected chi connectivity index (χ4v) is 5.12. The van der Waals surface area contributed by atoms with Crippen LogP contribution < -0.4 is 4.90 Å². The van der Waals surface area contributed by atoms with Crippen LogP contribution in [0, 0.1) is 13.8 Å². The van der Waals surface area contributed by atoms with Crippen molar-refractivity contribution in [3.05, 3.63) is 52.6 Å². The molecule has 1 saturated heterocycles. The maximum absolute atomic E-state index is 13.4. The molecule has 2 aliphatic heterocycles. The summed E-state index contributed by atoms with van der Waals surface area (Å²) >= 11 is 0. The molecule has 0 aliphatic carbocycles. The molecule has 182 valence electrons. The smallest absolute Gasteiger partial charge is 0.337 e. The molecule has 0 saturated carbocycles. The minimum absolute atomic E-state index is 0.0567. The van der Waals surface area contributed by atoms with Crippen molar-refractivity contribution in [2.45, 2.75) is 72.0 Å². The highest BCUT2D eigenvalue weighted by atomic mass is 16.5. The summed E-state index contributed by atoms with van der Waals surface area (Å²) in [5.41, 5.74) is 5.77. The third-order valence-electron chi connectivity index (χ3n) is 6.69. The molecule has 0 bridgehead atoms. The second-order valence-electron chi connectivity index (χ2n) is 10.5. The topological polar surface area (TPSA) is 70.1 Å². The van der Waals surface area contributed by atoms with Gasteiger partial charge in [-0.15, -0.1) is 0 Å². The van der Waals surface area contributed by atoms with Gasteiger partial charge in [0.15, 0.2) is 6.10 Å². The van der Waals surface area contributed by atoms with E-state index in [1.54, 1.807) is 0 Å². The normalized spacial score (nSPS) is 17.0. The maximum atomic E-state index is 13.4. The van der Waals surface area contributed by atoms with Crippen LogP contribution in [0.5, 0.6) is 0 Å². The number of likely N-dealkylation sites (tertiary alicyclic amines) is 1. The van der Waals surface area contributed by atoms with Crippen LogP contribution in [-0.4, -0.2) is 47.2 Å². The van der Waals surface area contributed by atoms with Gasteiger partial charge in [-0.2, -0.15) is 0 Å². The predicted octanol–water partition coefficient (Wildman–Crippen LogP) is 5.88.